The lowest BCUT2D eigenvalue weighted by molar-refractivity contribution is 0.766. The molecule has 1 aromatic heterocycles. The highest BCUT2D eigenvalue weighted by atomic mass is 15.3. The third-order valence-corrected chi connectivity index (χ3v) is 2.96. The number of nitrogen functional groups attached to an aromatic ring is 1. The number of nitrogens with zero attached hydrogens (tertiary/aromatic N) is 2. The normalized spacial score (nSPS) is 10.9. The minimum absolute atomic E-state index is 0.0907. The number of hydrogen-bond acceptors (Lipinski definition) is 2. The lowest BCUT2D eigenvalue weighted by Crippen LogP contribution is -2.11. The maximum absolute atomic E-state index is 7.42. The van der Waals surface area contributed by atoms with E-state index in [4.69, 9.17) is 11.1 Å². The summed E-state index contributed by atoms with van der Waals surface area (Å²) in [5.41, 5.74) is 9.37. The van der Waals surface area contributed by atoms with Crippen LogP contribution in [0.1, 0.15) is 36.6 Å². The monoisotopic (exact) mass is 242 g/mol. The van der Waals surface area contributed by atoms with Gasteiger partial charge >= 0.3 is 0 Å². The molecular weight excluding hydrogens is 224 g/mol. The van der Waals surface area contributed by atoms with Crippen molar-refractivity contribution in [1.29, 1.82) is 5.41 Å². The van der Waals surface area contributed by atoms with Gasteiger partial charge in [-0.1, -0.05) is 13.8 Å². The summed E-state index contributed by atoms with van der Waals surface area (Å²) >= 11 is 0. The Balaban J connectivity index is 2.41. The molecule has 0 saturated carbocycles. The topological polar surface area (TPSA) is 67.7 Å². The SMILES string of the molecule is Cc1cc(C(=N)N)ccc1-n1ccc(C(C)C)n1. The van der Waals surface area contributed by atoms with Crippen molar-refractivity contribution in [3.8, 4) is 5.69 Å². The van der Waals surface area contributed by atoms with Gasteiger partial charge in [-0.3, -0.25) is 5.41 Å². The van der Waals surface area contributed by atoms with Crippen LogP contribution in [0, 0.1) is 12.3 Å². The highest BCUT2D eigenvalue weighted by molar-refractivity contribution is 5.95. The number of nitrogens with one attached hydrogen (secondary N) is 1. The second-order valence-electron chi connectivity index (χ2n) is 4.75. The van der Waals surface area contributed by atoms with E-state index >= 15 is 0 Å². The fourth-order valence-electron chi connectivity index (χ4n) is 1.86. The molecule has 0 unspecified atom stereocenters. The Kier molecular flexibility index (Phi) is 3.19. The maximum Gasteiger partial charge on any atom is 0.122 e. The van der Waals surface area contributed by atoms with E-state index in [2.05, 4.69) is 18.9 Å². The van der Waals surface area contributed by atoms with Crippen LogP contribution >= 0.6 is 0 Å². The van der Waals surface area contributed by atoms with Crippen molar-refractivity contribution in [3.05, 3.63) is 47.3 Å². The molecule has 0 aliphatic carbocycles. The molecule has 0 saturated heterocycles. The summed E-state index contributed by atoms with van der Waals surface area (Å²) in [6.45, 7) is 6.25. The molecule has 0 fully saturated rings. The van der Waals surface area contributed by atoms with Gasteiger partial charge in [0.1, 0.15) is 5.84 Å². The summed E-state index contributed by atoms with van der Waals surface area (Å²) in [6, 6.07) is 7.74. The zero-order valence-corrected chi connectivity index (χ0v) is 10.9. The minimum Gasteiger partial charge on any atom is -0.384 e. The lowest BCUT2D eigenvalue weighted by Gasteiger charge is -2.08. The first-order valence-electron chi connectivity index (χ1n) is 6.00. The lowest BCUT2D eigenvalue weighted by atomic mass is 10.1. The molecule has 18 heavy (non-hydrogen) atoms. The predicted octanol–water partition coefficient (Wildman–Crippen LogP) is 2.59. The van der Waals surface area contributed by atoms with E-state index in [0.717, 1.165) is 22.5 Å². The van der Waals surface area contributed by atoms with E-state index < -0.39 is 0 Å². The third-order valence-electron chi connectivity index (χ3n) is 2.96. The van der Waals surface area contributed by atoms with Crippen LogP contribution in [0.2, 0.25) is 0 Å². The molecule has 4 nitrogen and oxygen atoms in total. The molecule has 1 aromatic carbocycles. The average Bonchev–Trinajstić information content (AvgIpc) is 2.78. The quantitative estimate of drug-likeness (QED) is 0.641. The molecule has 2 aromatic rings. The number of amidine groups is 1. The van der Waals surface area contributed by atoms with Gasteiger partial charge in [-0.15, -0.1) is 0 Å². The van der Waals surface area contributed by atoms with Gasteiger partial charge in [0.15, 0.2) is 0 Å². The summed E-state index contributed by atoms with van der Waals surface area (Å²) in [6.07, 6.45) is 1.96. The van der Waals surface area contributed by atoms with Crippen molar-refractivity contribution in [1.82, 2.24) is 9.78 Å². The molecule has 0 aliphatic rings. The van der Waals surface area contributed by atoms with Crippen LogP contribution in [-0.2, 0) is 0 Å². The Morgan fingerprint density at radius 3 is 2.56 bits per heavy atom. The van der Waals surface area contributed by atoms with Gasteiger partial charge in [-0.25, -0.2) is 4.68 Å². The van der Waals surface area contributed by atoms with Crippen LogP contribution in [0.25, 0.3) is 5.69 Å². The van der Waals surface area contributed by atoms with Crippen LogP contribution in [0.4, 0.5) is 0 Å². The molecule has 0 radical (unpaired) electrons. The Labute approximate surface area is 107 Å². The number of hydrogen-bond donors (Lipinski definition) is 2. The van der Waals surface area contributed by atoms with E-state index in [0.29, 0.717) is 5.92 Å². The van der Waals surface area contributed by atoms with Crippen LogP contribution in [0.5, 0.6) is 0 Å². The van der Waals surface area contributed by atoms with Crippen molar-refractivity contribution < 1.29 is 0 Å². The van der Waals surface area contributed by atoms with Gasteiger partial charge in [0.25, 0.3) is 0 Å². The molecule has 0 spiro atoms. The van der Waals surface area contributed by atoms with Gasteiger partial charge < -0.3 is 5.73 Å². The van der Waals surface area contributed by atoms with Crippen LogP contribution < -0.4 is 5.73 Å². The summed E-state index contributed by atoms with van der Waals surface area (Å²) in [5.74, 6) is 0.510. The number of nitrogens with two attached hydrogens (primary N) is 1. The van der Waals surface area contributed by atoms with Crippen molar-refractivity contribution in [3.63, 3.8) is 0 Å². The highest BCUT2D eigenvalue weighted by Crippen LogP contribution is 2.18. The van der Waals surface area contributed by atoms with Crippen molar-refractivity contribution in [2.75, 3.05) is 0 Å². The molecule has 1 heterocycles. The fraction of sp³-hybridized carbons (Fsp3) is 0.286. The predicted molar refractivity (Wildman–Crippen MR) is 73.4 cm³/mol. The van der Waals surface area contributed by atoms with E-state index in [1.807, 2.05) is 42.1 Å². The average molecular weight is 242 g/mol. The summed E-state index contributed by atoms with van der Waals surface area (Å²) in [7, 11) is 0. The number of aryl methyl sites for hydroxylation is 1. The fourth-order valence-corrected chi connectivity index (χ4v) is 1.86. The first-order valence-corrected chi connectivity index (χ1v) is 6.00. The minimum atomic E-state index is 0.0907. The molecule has 0 aliphatic heterocycles. The van der Waals surface area contributed by atoms with Gasteiger partial charge in [-0.2, -0.15) is 5.10 Å². The highest BCUT2D eigenvalue weighted by Gasteiger charge is 2.07. The van der Waals surface area contributed by atoms with Crippen molar-refractivity contribution in [2.24, 2.45) is 5.73 Å². The largest absolute Gasteiger partial charge is 0.384 e. The Bertz CT molecular complexity index is 581. The molecule has 94 valence electrons. The van der Waals surface area contributed by atoms with E-state index in [1.54, 1.807) is 0 Å². The van der Waals surface area contributed by atoms with Crippen molar-refractivity contribution in [2.45, 2.75) is 26.7 Å². The Morgan fingerprint density at radius 1 is 1.33 bits per heavy atom. The smallest absolute Gasteiger partial charge is 0.122 e. The van der Waals surface area contributed by atoms with E-state index in [-0.39, 0.29) is 5.84 Å². The van der Waals surface area contributed by atoms with Crippen LogP contribution in [0.3, 0.4) is 0 Å². The Morgan fingerprint density at radius 2 is 2.06 bits per heavy atom. The zero-order valence-electron chi connectivity index (χ0n) is 10.9. The second kappa shape index (κ2) is 4.64. The zero-order chi connectivity index (χ0) is 13.3. The third kappa shape index (κ3) is 2.27. The van der Waals surface area contributed by atoms with Gasteiger partial charge in [0, 0.05) is 11.8 Å². The van der Waals surface area contributed by atoms with Crippen LogP contribution in [0.15, 0.2) is 30.5 Å². The standard InChI is InChI=1S/C14H18N4/c1-9(2)12-6-7-18(17-12)13-5-4-11(14(15)16)8-10(13)3/h4-9H,1-3H3,(H3,15,16). The number of benzene rings is 1. The number of aromatic nitrogens is 2. The molecule has 2 rings (SSSR count). The second-order valence-corrected chi connectivity index (χ2v) is 4.75. The van der Waals surface area contributed by atoms with E-state index in [1.165, 1.54) is 0 Å². The molecule has 3 N–H and O–H groups in total. The first kappa shape index (κ1) is 12.4. The summed E-state index contributed by atoms with van der Waals surface area (Å²) in [5, 5.41) is 12.0. The molecule has 0 atom stereocenters. The summed E-state index contributed by atoms with van der Waals surface area (Å²) < 4.78 is 1.87. The molecule has 0 bridgehead atoms. The van der Waals surface area contributed by atoms with Gasteiger partial charge in [0.2, 0.25) is 0 Å². The van der Waals surface area contributed by atoms with Crippen molar-refractivity contribution >= 4 is 5.84 Å². The van der Waals surface area contributed by atoms with Crippen LogP contribution in [-0.4, -0.2) is 15.6 Å². The van der Waals surface area contributed by atoms with E-state index in [9.17, 15) is 0 Å². The van der Waals surface area contributed by atoms with Gasteiger partial charge in [0.05, 0.1) is 11.4 Å². The Hall–Kier alpha value is -2.10. The molecule has 0 amide bonds. The maximum atomic E-state index is 7.42. The first-order chi connectivity index (χ1) is 8.49. The molecular formula is C14H18N4. The number of rotatable bonds is 3. The summed E-state index contributed by atoms with van der Waals surface area (Å²) in [4.78, 5) is 0. The van der Waals surface area contributed by atoms with Gasteiger partial charge in [-0.05, 0) is 42.7 Å². The molecule has 4 heteroatoms.